The van der Waals surface area contributed by atoms with Gasteiger partial charge in [0.2, 0.25) is 0 Å². The molecule has 1 atom stereocenters. The van der Waals surface area contributed by atoms with Crippen LogP contribution in [0.25, 0.3) is 0 Å². The Morgan fingerprint density at radius 1 is 1.20 bits per heavy atom. The third-order valence-corrected chi connectivity index (χ3v) is 3.65. The van der Waals surface area contributed by atoms with Crippen molar-refractivity contribution in [2.24, 2.45) is 0 Å². The minimum absolute atomic E-state index is 0.0891. The van der Waals surface area contributed by atoms with Gasteiger partial charge in [-0.2, -0.15) is 0 Å². The first kappa shape index (κ1) is 17.0. The highest BCUT2D eigenvalue weighted by atomic mass is 16.5. The first-order valence-electron chi connectivity index (χ1n) is 7.54. The summed E-state index contributed by atoms with van der Waals surface area (Å²) in [6.07, 6.45) is 2.10. The van der Waals surface area contributed by atoms with Crippen molar-refractivity contribution in [1.29, 1.82) is 0 Å². The maximum Gasteiger partial charge on any atom is 0.123 e. The predicted octanol–water partition coefficient (Wildman–Crippen LogP) is 3.94. The van der Waals surface area contributed by atoms with Gasteiger partial charge in [-0.25, -0.2) is 0 Å². The van der Waals surface area contributed by atoms with Crippen LogP contribution in [0.4, 0.5) is 0 Å². The third kappa shape index (κ3) is 5.14. The second kappa shape index (κ2) is 8.28. The summed E-state index contributed by atoms with van der Waals surface area (Å²) in [7, 11) is 1.71. The molecule has 0 amide bonds. The molecule has 0 radical (unpaired) electrons. The quantitative estimate of drug-likeness (QED) is 0.742. The summed E-state index contributed by atoms with van der Waals surface area (Å²) in [5.74, 6) is 0.916. The summed E-state index contributed by atoms with van der Waals surface area (Å²) in [5.41, 5.74) is 1.07. The van der Waals surface area contributed by atoms with E-state index in [1.807, 2.05) is 18.2 Å². The first-order chi connectivity index (χ1) is 9.54. The molecule has 0 aliphatic carbocycles. The van der Waals surface area contributed by atoms with Crippen LogP contribution in [0, 0.1) is 0 Å². The maximum absolute atomic E-state index is 6.07. The van der Waals surface area contributed by atoms with Gasteiger partial charge in [0, 0.05) is 5.56 Å². The van der Waals surface area contributed by atoms with Gasteiger partial charge in [-0.1, -0.05) is 32.0 Å². The third-order valence-electron chi connectivity index (χ3n) is 3.65. The highest BCUT2D eigenvalue weighted by Gasteiger charge is 2.21. The Kier molecular flexibility index (Phi) is 7.03. The van der Waals surface area contributed by atoms with E-state index in [0.717, 1.165) is 30.7 Å². The van der Waals surface area contributed by atoms with Crippen LogP contribution in [0.3, 0.4) is 0 Å². The molecule has 1 N–H and O–H groups in total. The smallest absolute Gasteiger partial charge is 0.123 e. The van der Waals surface area contributed by atoms with Crippen molar-refractivity contribution in [3.63, 3.8) is 0 Å². The fourth-order valence-corrected chi connectivity index (χ4v) is 1.94. The summed E-state index contributed by atoms with van der Waals surface area (Å²) in [6.45, 7) is 10.2. The topological polar surface area (TPSA) is 30.5 Å². The largest absolute Gasteiger partial charge is 0.496 e. The van der Waals surface area contributed by atoms with E-state index >= 15 is 0 Å². The van der Waals surface area contributed by atoms with Crippen LogP contribution in [0.15, 0.2) is 24.3 Å². The van der Waals surface area contributed by atoms with Crippen LogP contribution >= 0.6 is 0 Å². The van der Waals surface area contributed by atoms with Crippen molar-refractivity contribution >= 4 is 0 Å². The molecule has 0 heterocycles. The predicted molar refractivity (Wildman–Crippen MR) is 84.4 cm³/mol. The van der Waals surface area contributed by atoms with Crippen molar-refractivity contribution in [1.82, 2.24) is 5.32 Å². The number of rotatable bonds is 9. The lowest BCUT2D eigenvalue weighted by molar-refractivity contribution is -0.0309. The molecule has 20 heavy (non-hydrogen) atoms. The molecule has 1 aromatic carbocycles. The molecule has 1 unspecified atom stereocenters. The monoisotopic (exact) mass is 279 g/mol. The first-order valence-corrected chi connectivity index (χ1v) is 7.54. The molecule has 3 nitrogen and oxygen atoms in total. The zero-order valence-corrected chi connectivity index (χ0v) is 13.5. The number of methoxy groups -OCH3 is 1. The van der Waals surface area contributed by atoms with Gasteiger partial charge in [-0.15, -0.1) is 0 Å². The Morgan fingerprint density at radius 3 is 2.50 bits per heavy atom. The summed E-state index contributed by atoms with van der Waals surface area (Å²) in [6, 6.07) is 8.31. The van der Waals surface area contributed by atoms with Crippen molar-refractivity contribution in [3.05, 3.63) is 29.8 Å². The molecule has 114 valence electrons. The summed E-state index contributed by atoms with van der Waals surface area (Å²) >= 11 is 0. The molecule has 0 aromatic heterocycles. The maximum atomic E-state index is 6.07. The van der Waals surface area contributed by atoms with Gasteiger partial charge in [0.1, 0.15) is 5.75 Å². The van der Waals surface area contributed by atoms with Crippen LogP contribution in [-0.4, -0.2) is 25.9 Å². The summed E-state index contributed by atoms with van der Waals surface area (Å²) in [5, 5.41) is 3.55. The summed E-state index contributed by atoms with van der Waals surface area (Å²) in [4.78, 5) is 0. The van der Waals surface area contributed by atoms with Crippen LogP contribution < -0.4 is 10.1 Å². The Labute approximate surface area is 123 Å². The standard InChI is InChI=1S/C17H29NO2/c1-6-12-18-15(13-20-17(3,4)7-2)14-10-8-9-11-16(14)19-5/h8-11,15,18H,6-7,12-13H2,1-5H3. The Balaban J connectivity index is 2.82. The fourth-order valence-electron chi connectivity index (χ4n) is 1.94. The van der Waals surface area contributed by atoms with E-state index in [1.54, 1.807) is 7.11 Å². The van der Waals surface area contributed by atoms with E-state index in [9.17, 15) is 0 Å². The zero-order chi connectivity index (χ0) is 15.0. The average molecular weight is 279 g/mol. The lowest BCUT2D eigenvalue weighted by Gasteiger charge is -2.28. The minimum atomic E-state index is -0.0891. The fraction of sp³-hybridized carbons (Fsp3) is 0.647. The number of hydrogen-bond donors (Lipinski definition) is 1. The highest BCUT2D eigenvalue weighted by molar-refractivity contribution is 5.36. The lowest BCUT2D eigenvalue weighted by atomic mass is 10.0. The second-order valence-corrected chi connectivity index (χ2v) is 5.67. The van der Waals surface area contributed by atoms with Crippen molar-refractivity contribution < 1.29 is 9.47 Å². The Morgan fingerprint density at radius 2 is 1.90 bits per heavy atom. The normalized spacial score (nSPS) is 13.2. The molecule has 0 saturated carbocycles. The van der Waals surface area contributed by atoms with Gasteiger partial charge >= 0.3 is 0 Å². The highest BCUT2D eigenvalue weighted by Crippen LogP contribution is 2.26. The molecule has 0 bridgehead atoms. The van der Waals surface area contributed by atoms with Crippen molar-refractivity contribution in [2.75, 3.05) is 20.3 Å². The zero-order valence-electron chi connectivity index (χ0n) is 13.5. The Hall–Kier alpha value is -1.06. The van der Waals surface area contributed by atoms with E-state index in [4.69, 9.17) is 9.47 Å². The van der Waals surface area contributed by atoms with Gasteiger partial charge < -0.3 is 14.8 Å². The molecule has 1 aromatic rings. The molecule has 0 aliphatic rings. The van der Waals surface area contributed by atoms with Crippen molar-refractivity contribution in [2.45, 2.75) is 52.2 Å². The number of benzene rings is 1. The van der Waals surface area contributed by atoms with E-state index in [1.165, 1.54) is 0 Å². The van der Waals surface area contributed by atoms with Crippen LogP contribution in [0.5, 0.6) is 5.75 Å². The molecule has 0 saturated heterocycles. The molecule has 3 heteroatoms. The molecule has 0 spiro atoms. The van der Waals surface area contributed by atoms with Gasteiger partial charge in [-0.3, -0.25) is 0 Å². The minimum Gasteiger partial charge on any atom is -0.496 e. The van der Waals surface area contributed by atoms with Crippen LogP contribution in [0.1, 0.15) is 52.1 Å². The van der Waals surface area contributed by atoms with Gasteiger partial charge in [0.25, 0.3) is 0 Å². The Bertz CT molecular complexity index is 390. The van der Waals surface area contributed by atoms with Crippen molar-refractivity contribution in [3.8, 4) is 5.75 Å². The van der Waals surface area contributed by atoms with E-state index in [0.29, 0.717) is 6.61 Å². The molecular formula is C17H29NO2. The molecule has 0 aliphatic heterocycles. The number of ether oxygens (including phenoxy) is 2. The van der Waals surface area contributed by atoms with Gasteiger partial charge in [0.05, 0.1) is 25.4 Å². The van der Waals surface area contributed by atoms with E-state index in [-0.39, 0.29) is 11.6 Å². The molecule has 0 fully saturated rings. The van der Waals surface area contributed by atoms with E-state index < -0.39 is 0 Å². The average Bonchev–Trinajstić information content (AvgIpc) is 2.47. The molecular weight excluding hydrogens is 250 g/mol. The van der Waals surface area contributed by atoms with Gasteiger partial charge in [0.15, 0.2) is 0 Å². The lowest BCUT2D eigenvalue weighted by Crippen LogP contribution is -2.32. The number of nitrogens with one attached hydrogen (secondary N) is 1. The summed E-state index contributed by atoms with van der Waals surface area (Å²) < 4.78 is 11.5. The SMILES string of the molecule is CCCNC(COC(C)(C)CC)c1ccccc1OC. The molecule has 1 rings (SSSR count). The van der Waals surface area contributed by atoms with E-state index in [2.05, 4.69) is 39.1 Å². The second-order valence-electron chi connectivity index (χ2n) is 5.67. The van der Waals surface area contributed by atoms with Crippen LogP contribution in [0.2, 0.25) is 0 Å². The van der Waals surface area contributed by atoms with Crippen LogP contribution in [-0.2, 0) is 4.74 Å². The number of para-hydroxylation sites is 1. The number of hydrogen-bond acceptors (Lipinski definition) is 3. The van der Waals surface area contributed by atoms with Gasteiger partial charge in [-0.05, 0) is 39.3 Å².